The molecule has 2 heteroatoms. The molecule has 2 aromatic carbocycles. The van der Waals surface area contributed by atoms with Crippen LogP contribution in [0.15, 0.2) is 55.1 Å². The molecule has 116 valence electrons. The molecule has 1 unspecified atom stereocenters. The van der Waals surface area contributed by atoms with Crippen molar-refractivity contribution in [1.29, 1.82) is 0 Å². The summed E-state index contributed by atoms with van der Waals surface area (Å²) < 4.78 is 0. The highest BCUT2D eigenvalue weighted by molar-refractivity contribution is 5.97. The first kappa shape index (κ1) is 14.3. The van der Waals surface area contributed by atoms with Gasteiger partial charge in [-0.05, 0) is 53.7 Å². The first-order chi connectivity index (χ1) is 11.3. The third-order valence-electron chi connectivity index (χ3n) is 5.17. The van der Waals surface area contributed by atoms with E-state index in [2.05, 4.69) is 53.9 Å². The van der Waals surface area contributed by atoms with Gasteiger partial charge in [0.1, 0.15) is 0 Å². The van der Waals surface area contributed by atoms with E-state index >= 15 is 0 Å². The van der Waals surface area contributed by atoms with E-state index in [1.165, 1.54) is 34.0 Å². The number of hydrogen-bond donors (Lipinski definition) is 0. The van der Waals surface area contributed by atoms with Crippen molar-refractivity contribution in [3.05, 3.63) is 66.2 Å². The van der Waals surface area contributed by atoms with Crippen molar-refractivity contribution in [2.75, 3.05) is 11.4 Å². The Bertz CT molecular complexity index is 777. The molecule has 1 fully saturated rings. The molecule has 1 atom stereocenters. The Morgan fingerprint density at radius 3 is 2.78 bits per heavy atom. The number of piperidine rings is 1. The summed E-state index contributed by atoms with van der Waals surface area (Å²) in [6.45, 7) is 4.65. The molecule has 0 radical (unpaired) electrons. The van der Waals surface area contributed by atoms with Gasteiger partial charge in [0.05, 0.1) is 6.04 Å². The lowest BCUT2D eigenvalue weighted by molar-refractivity contribution is -0.116. The molecule has 0 aromatic heterocycles. The first-order valence-electron chi connectivity index (χ1n) is 8.42. The minimum atomic E-state index is -0.0449. The minimum Gasteiger partial charge on any atom is -0.361 e. The topological polar surface area (TPSA) is 20.3 Å². The Morgan fingerprint density at radius 1 is 1.09 bits per heavy atom. The standard InChI is InChI=1S/C21H21NO/c1-2-21(23)20-11-5-6-13-22(20)19-12-7-10-17-16-9-4-3-8-15(16)14-18(17)19/h2-4,7-10,12,20H,1,5-6,11,13-14H2. The zero-order valence-corrected chi connectivity index (χ0v) is 13.3. The Balaban J connectivity index is 1.79. The average molecular weight is 303 g/mol. The highest BCUT2D eigenvalue weighted by atomic mass is 16.1. The van der Waals surface area contributed by atoms with E-state index in [0.717, 1.165) is 32.2 Å². The van der Waals surface area contributed by atoms with Gasteiger partial charge in [-0.25, -0.2) is 0 Å². The van der Waals surface area contributed by atoms with Crippen molar-refractivity contribution in [3.63, 3.8) is 0 Å². The zero-order chi connectivity index (χ0) is 15.8. The average Bonchev–Trinajstić information content (AvgIpc) is 3.00. The summed E-state index contributed by atoms with van der Waals surface area (Å²) in [5, 5.41) is 0. The number of nitrogens with zero attached hydrogens (tertiary/aromatic N) is 1. The third-order valence-corrected chi connectivity index (χ3v) is 5.17. The van der Waals surface area contributed by atoms with Gasteiger partial charge in [0.2, 0.25) is 0 Å². The lowest BCUT2D eigenvalue weighted by Crippen LogP contribution is -2.44. The molecule has 1 aliphatic heterocycles. The van der Waals surface area contributed by atoms with E-state index in [-0.39, 0.29) is 11.8 Å². The summed E-state index contributed by atoms with van der Waals surface area (Å²) in [5.41, 5.74) is 6.66. The van der Waals surface area contributed by atoms with Gasteiger partial charge in [0.25, 0.3) is 0 Å². The zero-order valence-electron chi connectivity index (χ0n) is 13.3. The van der Waals surface area contributed by atoms with Crippen molar-refractivity contribution in [3.8, 4) is 11.1 Å². The van der Waals surface area contributed by atoms with E-state index in [1.54, 1.807) is 0 Å². The van der Waals surface area contributed by atoms with Crippen LogP contribution < -0.4 is 4.90 Å². The molecule has 0 amide bonds. The maximum atomic E-state index is 12.3. The largest absolute Gasteiger partial charge is 0.361 e. The number of hydrogen-bond acceptors (Lipinski definition) is 2. The van der Waals surface area contributed by atoms with Gasteiger partial charge < -0.3 is 4.90 Å². The number of carbonyl (C=O) groups excluding carboxylic acids is 1. The lowest BCUT2D eigenvalue weighted by Gasteiger charge is -2.37. The van der Waals surface area contributed by atoms with Crippen LogP contribution >= 0.6 is 0 Å². The van der Waals surface area contributed by atoms with Crippen LogP contribution in [0.5, 0.6) is 0 Å². The summed E-state index contributed by atoms with van der Waals surface area (Å²) in [6, 6.07) is 15.1. The Morgan fingerprint density at radius 2 is 1.91 bits per heavy atom. The van der Waals surface area contributed by atoms with E-state index in [4.69, 9.17) is 0 Å². The van der Waals surface area contributed by atoms with Crippen LogP contribution in [0.25, 0.3) is 11.1 Å². The van der Waals surface area contributed by atoms with Gasteiger partial charge in [-0.15, -0.1) is 0 Å². The second kappa shape index (κ2) is 5.69. The fourth-order valence-corrected chi connectivity index (χ4v) is 4.06. The first-order valence-corrected chi connectivity index (χ1v) is 8.42. The summed E-state index contributed by atoms with van der Waals surface area (Å²) in [5.74, 6) is 0.151. The summed E-state index contributed by atoms with van der Waals surface area (Å²) >= 11 is 0. The second-order valence-corrected chi connectivity index (χ2v) is 6.45. The van der Waals surface area contributed by atoms with Crippen LogP contribution in [0.2, 0.25) is 0 Å². The maximum absolute atomic E-state index is 12.3. The normalized spacial score (nSPS) is 19.1. The maximum Gasteiger partial charge on any atom is 0.177 e. The number of anilines is 1. The molecular weight excluding hydrogens is 282 g/mol. The second-order valence-electron chi connectivity index (χ2n) is 6.45. The molecule has 2 nitrogen and oxygen atoms in total. The number of ketones is 1. The predicted molar refractivity (Wildman–Crippen MR) is 94.9 cm³/mol. The minimum absolute atomic E-state index is 0.0449. The van der Waals surface area contributed by atoms with Crippen molar-refractivity contribution in [2.45, 2.75) is 31.7 Å². The van der Waals surface area contributed by atoms with Crippen LogP contribution in [0.4, 0.5) is 5.69 Å². The molecule has 2 aliphatic rings. The van der Waals surface area contributed by atoms with Gasteiger partial charge in [0.15, 0.2) is 5.78 Å². The molecule has 0 saturated carbocycles. The highest BCUT2D eigenvalue weighted by Gasteiger charge is 2.30. The summed E-state index contributed by atoms with van der Waals surface area (Å²) in [4.78, 5) is 14.6. The van der Waals surface area contributed by atoms with E-state index in [0.29, 0.717) is 0 Å². The van der Waals surface area contributed by atoms with Crippen LogP contribution in [0.3, 0.4) is 0 Å². The number of carbonyl (C=O) groups is 1. The molecule has 0 spiro atoms. The Kier molecular flexibility index (Phi) is 3.53. The molecule has 4 rings (SSSR count). The van der Waals surface area contributed by atoms with Crippen molar-refractivity contribution in [1.82, 2.24) is 0 Å². The summed E-state index contributed by atoms with van der Waals surface area (Å²) in [6.07, 6.45) is 5.66. The van der Waals surface area contributed by atoms with Crippen LogP contribution in [-0.2, 0) is 11.2 Å². The van der Waals surface area contributed by atoms with Gasteiger partial charge in [-0.2, -0.15) is 0 Å². The van der Waals surface area contributed by atoms with Crippen LogP contribution in [0, 0.1) is 0 Å². The van der Waals surface area contributed by atoms with Crippen molar-refractivity contribution < 1.29 is 4.79 Å². The van der Waals surface area contributed by atoms with Crippen LogP contribution in [0.1, 0.15) is 30.4 Å². The molecule has 1 aliphatic carbocycles. The quantitative estimate of drug-likeness (QED) is 0.670. The van der Waals surface area contributed by atoms with Crippen molar-refractivity contribution in [2.24, 2.45) is 0 Å². The lowest BCUT2D eigenvalue weighted by atomic mass is 9.95. The molecule has 1 heterocycles. The van der Waals surface area contributed by atoms with Gasteiger partial charge >= 0.3 is 0 Å². The summed E-state index contributed by atoms with van der Waals surface area (Å²) in [7, 11) is 0. The Labute approximate surface area is 137 Å². The molecule has 1 saturated heterocycles. The number of rotatable bonds is 3. The van der Waals surface area contributed by atoms with Gasteiger partial charge in [-0.3, -0.25) is 4.79 Å². The highest BCUT2D eigenvalue weighted by Crippen LogP contribution is 2.42. The molecule has 23 heavy (non-hydrogen) atoms. The predicted octanol–water partition coefficient (Wildman–Crippen LogP) is 4.37. The number of benzene rings is 2. The third kappa shape index (κ3) is 2.29. The van der Waals surface area contributed by atoms with Crippen LogP contribution in [-0.4, -0.2) is 18.4 Å². The molecule has 0 N–H and O–H groups in total. The van der Waals surface area contributed by atoms with E-state index in [9.17, 15) is 4.79 Å². The van der Waals surface area contributed by atoms with Gasteiger partial charge in [0, 0.05) is 18.7 Å². The molecular formula is C21H21NO. The van der Waals surface area contributed by atoms with E-state index < -0.39 is 0 Å². The Hall–Kier alpha value is -2.35. The van der Waals surface area contributed by atoms with Crippen molar-refractivity contribution >= 4 is 11.5 Å². The number of fused-ring (bicyclic) bond motifs is 3. The van der Waals surface area contributed by atoms with E-state index in [1.807, 2.05) is 0 Å². The smallest absolute Gasteiger partial charge is 0.177 e. The monoisotopic (exact) mass is 303 g/mol. The fraction of sp³-hybridized carbons (Fsp3) is 0.286. The molecule has 0 bridgehead atoms. The SMILES string of the molecule is C=CC(=O)C1CCCCN1c1cccc2c1Cc1ccccc1-2. The molecule has 2 aromatic rings. The van der Waals surface area contributed by atoms with Gasteiger partial charge in [-0.1, -0.05) is 43.0 Å². The fourth-order valence-electron chi connectivity index (χ4n) is 4.06.